The minimum atomic E-state index is -0.383. The lowest BCUT2D eigenvalue weighted by atomic mass is 9.92. The number of ketones is 1. The number of aromatic amines is 1. The van der Waals surface area contributed by atoms with Crippen LogP contribution >= 0.6 is 11.8 Å². The molecule has 0 spiro atoms. The maximum atomic E-state index is 12.5. The fraction of sp³-hybridized carbons (Fsp3) is 0.320. The standard InChI is InChI=1S/C25H29N5OS/c1-25(2,3)22(31)16-32-24-29-28-23(30(24)15-17-9-5-4-6-10-17)20(26)13-18-14-27-21-12-8-7-11-19(18)21/h4-12,14,20,27H,13,15-16,26H2,1-3H3/t20-/m0/s1. The zero-order valence-electron chi connectivity index (χ0n) is 18.7. The van der Waals surface area contributed by atoms with Gasteiger partial charge in [0.1, 0.15) is 5.78 Å². The highest BCUT2D eigenvalue weighted by molar-refractivity contribution is 7.99. The van der Waals surface area contributed by atoms with Gasteiger partial charge in [-0.1, -0.05) is 81.1 Å². The SMILES string of the molecule is CC(C)(C)C(=O)CSc1nnc([C@@H](N)Cc2c[nH]c3ccccc23)n1Cc1ccccc1. The van der Waals surface area contributed by atoms with E-state index in [0.29, 0.717) is 18.7 Å². The van der Waals surface area contributed by atoms with E-state index in [-0.39, 0.29) is 17.2 Å². The van der Waals surface area contributed by atoms with Crippen LogP contribution in [0.4, 0.5) is 0 Å². The van der Waals surface area contributed by atoms with E-state index in [1.807, 2.05) is 57.3 Å². The number of rotatable bonds is 8. The Bertz CT molecular complexity index is 1210. The molecule has 6 nitrogen and oxygen atoms in total. The van der Waals surface area contributed by atoms with Gasteiger partial charge in [0.2, 0.25) is 0 Å². The molecule has 2 aromatic carbocycles. The summed E-state index contributed by atoms with van der Waals surface area (Å²) in [4.78, 5) is 15.8. The van der Waals surface area contributed by atoms with Gasteiger partial charge in [-0.15, -0.1) is 10.2 Å². The molecule has 0 unspecified atom stereocenters. The van der Waals surface area contributed by atoms with Gasteiger partial charge in [0, 0.05) is 22.5 Å². The van der Waals surface area contributed by atoms with Crippen LogP contribution in [0.3, 0.4) is 0 Å². The molecule has 32 heavy (non-hydrogen) atoms. The molecule has 0 amide bonds. The van der Waals surface area contributed by atoms with E-state index in [1.54, 1.807) is 0 Å². The van der Waals surface area contributed by atoms with E-state index in [4.69, 9.17) is 5.73 Å². The van der Waals surface area contributed by atoms with Gasteiger partial charge < -0.3 is 15.3 Å². The number of fused-ring (bicyclic) bond motifs is 1. The van der Waals surface area contributed by atoms with E-state index in [1.165, 1.54) is 17.1 Å². The van der Waals surface area contributed by atoms with Gasteiger partial charge in [-0.05, 0) is 23.6 Å². The summed E-state index contributed by atoms with van der Waals surface area (Å²) in [5, 5.41) is 10.8. The number of hydrogen-bond donors (Lipinski definition) is 2. The predicted molar refractivity (Wildman–Crippen MR) is 130 cm³/mol. The summed E-state index contributed by atoms with van der Waals surface area (Å²) in [7, 11) is 0. The molecule has 3 N–H and O–H groups in total. The van der Waals surface area contributed by atoms with Crippen LogP contribution in [0.25, 0.3) is 10.9 Å². The molecule has 0 saturated heterocycles. The highest BCUT2D eigenvalue weighted by Gasteiger charge is 2.24. The van der Waals surface area contributed by atoms with Crippen molar-refractivity contribution >= 4 is 28.4 Å². The fourth-order valence-electron chi connectivity index (χ4n) is 3.57. The second kappa shape index (κ2) is 9.30. The number of aromatic nitrogens is 4. The number of para-hydroxylation sites is 1. The van der Waals surface area contributed by atoms with E-state index < -0.39 is 0 Å². The topological polar surface area (TPSA) is 89.6 Å². The van der Waals surface area contributed by atoms with Crippen molar-refractivity contribution in [1.82, 2.24) is 19.7 Å². The Morgan fingerprint density at radius 2 is 1.81 bits per heavy atom. The molecule has 1 atom stereocenters. The number of thioether (sulfide) groups is 1. The molecule has 0 radical (unpaired) electrons. The Balaban J connectivity index is 1.61. The van der Waals surface area contributed by atoms with Crippen LogP contribution in [0.2, 0.25) is 0 Å². The highest BCUT2D eigenvalue weighted by atomic mass is 32.2. The summed E-state index contributed by atoms with van der Waals surface area (Å²) >= 11 is 1.43. The number of carbonyl (C=O) groups excluding carboxylic acids is 1. The minimum absolute atomic E-state index is 0.182. The van der Waals surface area contributed by atoms with Crippen LogP contribution in [0, 0.1) is 5.41 Å². The first-order valence-electron chi connectivity index (χ1n) is 10.8. The van der Waals surface area contributed by atoms with Gasteiger partial charge in [-0.2, -0.15) is 0 Å². The summed E-state index contributed by atoms with van der Waals surface area (Å²) in [5.74, 6) is 1.26. The van der Waals surface area contributed by atoms with Crippen LogP contribution < -0.4 is 5.73 Å². The number of hydrogen-bond acceptors (Lipinski definition) is 5. The lowest BCUT2D eigenvalue weighted by Crippen LogP contribution is -2.22. The molecular weight excluding hydrogens is 418 g/mol. The number of nitrogens with two attached hydrogens (primary N) is 1. The summed E-state index contributed by atoms with van der Waals surface area (Å²) in [6.45, 7) is 6.42. The number of benzene rings is 2. The third-order valence-electron chi connectivity index (χ3n) is 5.54. The Morgan fingerprint density at radius 1 is 1.09 bits per heavy atom. The molecule has 0 saturated carbocycles. The number of H-pyrrole nitrogens is 1. The van der Waals surface area contributed by atoms with Crippen molar-refractivity contribution in [3.63, 3.8) is 0 Å². The van der Waals surface area contributed by atoms with Crippen molar-refractivity contribution in [2.45, 2.75) is 44.9 Å². The molecule has 2 heterocycles. The molecule has 2 aromatic heterocycles. The van der Waals surface area contributed by atoms with E-state index in [9.17, 15) is 4.79 Å². The Kier molecular flexibility index (Phi) is 6.48. The third kappa shape index (κ3) is 4.95. The molecule has 4 rings (SSSR count). The Labute approximate surface area is 192 Å². The summed E-state index contributed by atoms with van der Waals surface area (Å²) in [6, 6.07) is 18.1. The van der Waals surface area contributed by atoms with Crippen molar-refractivity contribution in [2.75, 3.05) is 5.75 Å². The first-order chi connectivity index (χ1) is 15.3. The van der Waals surface area contributed by atoms with Crippen LogP contribution in [0.1, 0.15) is 43.8 Å². The molecule has 0 fully saturated rings. The van der Waals surface area contributed by atoms with E-state index >= 15 is 0 Å². The molecule has 0 bridgehead atoms. The van der Waals surface area contributed by atoms with Crippen LogP contribution in [-0.4, -0.2) is 31.3 Å². The normalized spacial score (nSPS) is 12.9. The number of nitrogens with one attached hydrogen (secondary N) is 1. The van der Waals surface area contributed by atoms with E-state index in [0.717, 1.165) is 27.6 Å². The quantitative estimate of drug-likeness (QED) is 0.380. The van der Waals surface area contributed by atoms with Crippen molar-refractivity contribution in [1.29, 1.82) is 0 Å². The smallest absolute Gasteiger partial charge is 0.192 e. The number of nitrogens with zero attached hydrogens (tertiary/aromatic N) is 3. The Hall–Kier alpha value is -2.90. The van der Waals surface area contributed by atoms with Crippen molar-refractivity contribution in [3.8, 4) is 0 Å². The second-order valence-electron chi connectivity index (χ2n) is 9.04. The average Bonchev–Trinajstić information content (AvgIpc) is 3.36. The lowest BCUT2D eigenvalue weighted by molar-refractivity contribution is -0.123. The van der Waals surface area contributed by atoms with Gasteiger partial charge in [0.15, 0.2) is 11.0 Å². The van der Waals surface area contributed by atoms with Gasteiger partial charge in [-0.3, -0.25) is 4.79 Å². The molecule has 0 aliphatic heterocycles. The van der Waals surface area contributed by atoms with Gasteiger partial charge in [-0.25, -0.2) is 0 Å². The zero-order chi connectivity index (χ0) is 22.7. The van der Waals surface area contributed by atoms with Crippen LogP contribution in [0.15, 0.2) is 66.0 Å². The summed E-state index contributed by atoms with van der Waals surface area (Å²) in [5.41, 5.74) is 9.66. The van der Waals surface area contributed by atoms with Gasteiger partial charge >= 0.3 is 0 Å². The lowest BCUT2D eigenvalue weighted by Gasteiger charge is -2.17. The van der Waals surface area contributed by atoms with Crippen molar-refractivity contribution < 1.29 is 4.79 Å². The molecule has 0 aliphatic rings. The maximum absolute atomic E-state index is 12.5. The third-order valence-corrected chi connectivity index (χ3v) is 6.51. The van der Waals surface area contributed by atoms with Gasteiger partial charge in [0.25, 0.3) is 0 Å². The number of Topliss-reactive ketones (excluding diaryl/α,β-unsaturated/α-hetero) is 1. The Morgan fingerprint density at radius 3 is 2.56 bits per heavy atom. The summed E-state index contributed by atoms with van der Waals surface area (Å²) in [6.07, 6.45) is 2.66. The number of carbonyl (C=O) groups is 1. The predicted octanol–water partition coefficient (Wildman–Crippen LogP) is 4.76. The monoisotopic (exact) mass is 447 g/mol. The first kappa shape index (κ1) is 22.3. The van der Waals surface area contributed by atoms with Crippen molar-refractivity contribution in [2.24, 2.45) is 11.1 Å². The second-order valence-corrected chi connectivity index (χ2v) is 9.99. The van der Waals surface area contributed by atoms with Crippen LogP contribution in [0.5, 0.6) is 0 Å². The summed E-state index contributed by atoms with van der Waals surface area (Å²) < 4.78 is 2.05. The molecule has 166 valence electrons. The maximum Gasteiger partial charge on any atom is 0.192 e. The minimum Gasteiger partial charge on any atom is -0.361 e. The molecule has 7 heteroatoms. The average molecular weight is 448 g/mol. The fourth-order valence-corrected chi connectivity index (χ4v) is 4.68. The zero-order valence-corrected chi connectivity index (χ0v) is 19.5. The molecular formula is C25H29N5OS. The molecule has 4 aromatic rings. The first-order valence-corrected chi connectivity index (χ1v) is 11.7. The van der Waals surface area contributed by atoms with Crippen LogP contribution in [-0.2, 0) is 17.8 Å². The highest BCUT2D eigenvalue weighted by Crippen LogP contribution is 2.27. The van der Waals surface area contributed by atoms with Crippen molar-refractivity contribution in [3.05, 3.63) is 77.7 Å². The largest absolute Gasteiger partial charge is 0.361 e. The van der Waals surface area contributed by atoms with Gasteiger partial charge in [0.05, 0.1) is 18.3 Å². The molecule has 0 aliphatic carbocycles. The van der Waals surface area contributed by atoms with E-state index in [2.05, 4.69) is 44.0 Å².